The zero-order chi connectivity index (χ0) is 13.8. The van der Waals surface area contributed by atoms with Gasteiger partial charge in [-0.3, -0.25) is 0 Å². The lowest BCUT2D eigenvalue weighted by atomic mass is 10.1. The van der Waals surface area contributed by atoms with Crippen LogP contribution in [0.25, 0.3) is 0 Å². The van der Waals surface area contributed by atoms with E-state index in [1.54, 1.807) is 0 Å². The number of nitrogens with one attached hydrogen (secondary N) is 2. The number of anilines is 2. The standard InChI is InChI=1S/C15H26N4/c1-10(2)13-18-14(16-4)11(3)15(19-13)17-9-12-7-5-6-8-12/h10,12H,5-9H2,1-4H3,(H2,16,17,18,19). The van der Waals surface area contributed by atoms with Crippen LogP contribution in [0.15, 0.2) is 0 Å². The van der Waals surface area contributed by atoms with Gasteiger partial charge < -0.3 is 10.6 Å². The molecule has 0 atom stereocenters. The van der Waals surface area contributed by atoms with Crippen molar-refractivity contribution >= 4 is 11.6 Å². The van der Waals surface area contributed by atoms with E-state index < -0.39 is 0 Å². The van der Waals surface area contributed by atoms with Gasteiger partial charge in [-0.05, 0) is 25.7 Å². The number of rotatable bonds is 5. The van der Waals surface area contributed by atoms with Crippen molar-refractivity contribution in [2.24, 2.45) is 5.92 Å². The average Bonchev–Trinajstić information content (AvgIpc) is 2.90. The van der Waals surface area contributed by atoms with Crippen LogP contribution in [-0.2, 0) is 0 Å². The van der Waals surface area contributed by atoms with Crippen LogP contribution in [0.5, 0.6) is 0 Å². The molecule has 0 amide bonds. The van der Waals surface area contributed by atoms with Gasteiger partial charge in [-0.2, -0.15) is 0 Å². The van der Waals surface area contributed by atoms with Gasteiger partial charge in [-0.25, -0.2) is 9.97 Å². The molecule has 2 rings (SSSR count). The van der Waals surface area contributed by atoms with E-state index in [9.17, 15) is 0 Å². The third-order valence-corrected chi connectivity index (χ3v) is 3.95. The number of aromatic nitrogens is 2. The quantitative estimate of drug-likeness (QED) is 0.852. The Labute approximate surface area is 116 Å². The average molecular weight is 262 g/mol. The number of nitrogens with zero attached hydrogens (tertiary/aromatic N) is 2. The maximum atomic E-state index is 4.68. The van der Waals surface area contributed by atoms with E-state index in [4.69, 9.17) is 0 Å². The van der Waals surface area contributed by atoms with Gasteiger partial charge in [0, 0.05) is 25.1 Å². The molecule has 0 radical (unpaired) electrons. The molecule has 0 unspecified atom stereocenters. The van der Waals surface area contributed by atoms with Gasteiger partial charge in [0.15, 0.2) is 0 Å². The molecule has 0 bridgehead atoms. The highest BCUT2D eigenvalue weighted by Gasteiger charge is 2.17. The van der Waals surface area contributed by atoms with Gasteiger partial charge >= 0.3 is 0 Å². The molecule has 1 heterocycles. The van der Waals surface area contributed by atoms with Gasteiger partial charge in [-0.15, -0.1) is 0 Å². The first-order valence-corrected chi connectivity index (χ1v) is 7.42. The van der Waals surface area contributed by atoms with Crippen LogP contribution in [0, 0.1) is 12.8 Å². The van der Waals surface area contributed by atoms with Crippen molar-refractivity contribution in [3.63, 3.8) is 0 Å². The summed E-state index contributed by atoms with van der Waals surface area (Å²) < 4.78 is 0. The Morgan fingerprint density at radius 1 is 1.16 bits per heavy atom. The fourth-order valence-electron chi connectivity index (χ4n) is 2.66. The largest absolute Gasteiger partial charge is 0.373 e. The molecular weight excluding hydrogens is 236 g/mol. The third-order valence-electron chi connectivity index (χ3n) is 3.95. The smallest absolute Gasteiger partial charge is 0.135 e. The monoisotopic (exact) mass is 262 g/mol. The van der Waals surface area contributed by atoms with Crippen molar-refractivity contribution in [3.05, 3.63) is 11.4 Å². The van der Waals surface area contributed by atoms with Crippen LogP contribution in [-0.4, -0.2) is 23.6 Å². The van der Waals surface area contributed by atoms with E-state index in [0.717, 1.165) is 35.5 Å². The molecule has 1 aromatic heterocycles. The molecule has 0 aromatic carbocycles. The van der Waals surface area contributed by atoms with E-state index in [0.29, 0.717) is 5.92 Å². The maximum Gasteiger partial charge on any atom is 0.135 e. The molecule has 1 aromatic rings. The summed E-state index contributed by atoms with van der Waals surface area (Å²) in [5.74, 6) is 4.00. The summed E-state index contributed by atoms with van der Waals surface area (Å²) in [7, 11) is 1.92. The Morgan fingerprint density at radius 3 is 2.37 bits per heavy atom. The Balaban J connectivity index is 2.14. The first kappa shape index (κ1) is 14.1. The SMILES string of the molecule is CNc1nc(C(C)C)nc(NCC2CCCC2)c1C. The lowest BCUT2D eigenvalue weighted by Gasteiger charge is -2.17. The topological polar surface area (TPSA) is 49.8 Å². The van der Waals surface area contributed by atoms with Crippen molar-refractivity contribution in [2.45, 2.75) is 52.4 Å². The van der Waals surface area contributed by atoms with E-state index in [-0.39, 0.29) is 0 Å². The number of hydrogen-bond acceptors (Lipinski definition) is 4. The van der Waals surface area contributed by atoms with Crippen LogP contribution < -0.4 is 10.6 Å². The lowest BCUT2D eigenvalue weighted by Crippen LogP contribution is -2.15. The van der Waals surface area contributed by atoms with Crippen LogP contribution in [0.2, 0.25) is 0 Å². The van der Waals surface area contributed by atoms with Crippen LogP contribution in [0.1, 0.15) is 56.8 Å². The van der Waals surface area contributed by atoms with Crippen LogP contribution in [0.3, 0.4) is 0 Å². The van der Waals surface area contributed by atoms with Crippen LogP contribution in [0.4, 0.5) is 11.6 Å². The molecule has 1 aliphatic carbocycles. The first-order valence-electron chi connectivity index (χ1n) is 7.42. The van der Waals surface area contributed by atoms with Crippen molar-refractivity contribution in [1.82, 2.24) is 9.97 Å². The molecule has 0 aliphatic heterocycles. The minimum Gasteiger partial charge on any atom is -0.373 e. The maximum absolute atomic E-state index is 4.68. The van der Waals surface area contributed by atoms with E-state index in [1.165, 1.54) is 25.7 Å². The molecule has 0 spiro atoms. The van der Waals surface area contributed by atoms with Gasteiger partial charge in [0.25, 0.3) is 0 Å². The highest BCUT2D eigenvalue weighted by Crippen LogP contribution is 2.27. The minimum atomic E-state index is 0.347. The first-order chi connectivity index (χ1) is 9.11. The minimum absolute atomic E-state index is 0.347. The highest BCUT2D eigenvalue weighted by molar-refractivity contribution is 5.57. The predicted octanol–water partition coefficient (Wildman–Crippen LogP) is 3.55. The summed E-state index contributed by atoms with van der Waals surface area (Å²) in [6.45, 7) is 7.38. The Bertz CT molecular complexity index is 422. The molecule has 1 fully saturated rings. The van der Waals surface area contributed by atoms with Gasteiger partial charge in [0.05, 0.1) is 0 Å². The van der Waals surface area contributed by atoms with E-state index in [1.807, 2.05) is 7.05 Å². The summed E-state index contributed by atoms with van der Waals surface area (Å²) in [6, 6.07) is 0. The molecule has 4 heteroatoms. The molecular formula is C15H26N4. The molecule has 1 aliphatic rings. The molecule has 1 saturated carbocycles. The van der Waals surface area contributed by atoms with E-state index in [2.05, 4.69) is 41.4 Å². The Kier molecular flexibility index (Phi) is 4.61. The molecule has 2 N–H and O–H groups in total. The van der Waals surface area contributed by atoms with Crippen LogP contribution >= 0.6 is 0 Å². The van der Waals surface area contributed by atoms with Crippen molar-refractivity contribution in [3.8, 4) is 0 Å². The zero-order valence-electron chi connectivity index (χ0n) is 12.6. The summed E-state index contributed by atoms with van der Waals surface area (Å²) in [6.07, 6.45) is 5.47. The molecule has 19 heavy (non-hydrogen) atoms. The van der Waals surface area contributed by atoms with Crippen molar-refractivity contribution < 1.29 is 0 Å². The summed E-state index contributed by atoms with van der Waals surface area (Å²) >= 11 is 0. The van der Waals surface area contributed by atoms with Gasteiger partial charge in [0.2, 0.25) is 0 Å². The summed E-state index contributed by atoms with van der Waals surface area (Å²) in [4.78, 5) is 9.25. The fourth-order valence-corrected chi connectivity index (χ4v) is 2.66. The second-order valence-electron chi connectivity index (χ2n) is 5.84. The molecule has 0 saturated heterocycles. The molecule has 4 nitrogen and oxygen atoms in total. The normalized spacial score (nSPS) is 16.1. The second kappa shape index (κ2) is 6.22. The van der Waals surface area contributed by atoms with E-state index >= 15 is 0 Å². The predicted molar refractivity (Wildman–Crippen MR) is 80.9 cm³/mol. The summed E-state index contributed by atoms with van der Waals surface area (Å²) in [5, 5.41) is 6.70. The summed E-state index contributed by atoms with van der Waals surface area (Å²) in [5.41, 5.74) is 1.12. The zero-order valence-corrected chi connectivity index (χ0v) is 12.6. The Hall–Kier alpha value is -1.32. The fraction of sp³-hybridized carbons (Fsp3) is 0.733. The van der Waals surface area contributed by atoms with Crippen molar-refractivity contribution in [1.29, 1.82) is 0 Å². The van der Waals surface area contributed by atoms with Crippen molar-refractivity contribution in [2.75, 3.05) is 24.2 Å². The lowest BCUT2D eigenvalue weighted by molar-refractivity contribution is 0.578. The highest BCUT2D eigenvalue weighted by atomic mass is 15.1. The number of hydrogen-bond donors (Lipinski definition) is 2. The Morgan fingerprint density at radius 2 is 1.79 bits per heavy atom. The van der Waals surface area contributed by atoms with Gasteiger partial charge in [0.1, 0.15) is 17.5 Å². The van der Waals surface area contributed by atoms with Gasteiger partial charge in [-0.1, -0.05) is 26.7 Å². The third kappa shape index (κ3) is 3.37. The molecule has 106 valence electrons. The second-order valence-corrected chi connectivity index (χ2v) is 5.84.